The highest BCUT2D eigenvalue weighted by molar-refractivity contribution is 7.99. The smallest absolute Gasteiger partial charge is 0.224 e. The van der Waals surface area contributed by atoms with Crippen LogP contribution in [-0.4, -0.2) is 31.0 Å². The van der Waals surface area contributed by atoms with E-state index in [2.05, 4.69) is 5.32 Å². The average molecular weight is 188 g/mol. The van der Waals surface area contributed by atoms with Gasteiger partial charge in [0.25, 0.3) is 0 Å². The number of carbonyl (C=O) groups excluding carboxylic acids is 1. The minimum atomic E-state index is -0.264. The predicted octanol–water partition coefficient (Wildman–Crippen LogP) is 0.204. The summed E-state index contributed by atoms with van der Waals surface area (Å²) in [6.07, 6.45) is 1.85. The Bertz CT molecular complexity index is 161. The van der Waals surface area contributed by atoms with Crippen molar-refractivity contribution in [1.82, 2.24) is 5.32 Å². The van der Waals surface area contributed by atoms with Gasteiger partial charge in [-0.05, 0) is 31.4 Å². The van der Waals surface area contributed by atoms with Gasteiger partial charge in [-0.25, -0.2) is 0 Å². The van der Waals surface area contributed by atoms with Crippen LogP contribution >= 0.6 is 11.8 Å². The molecule has 1 aliphatic rings. The van der Waals surface area contributed by atoms with Gasteiger partial charge in [-0.2, -0.15) is 11.8 Å². The number of carbonyl (C=O) groups is 1. The minimum Gasteiger partial charge on any atom is -0.369 e. The van der Waals surface area contributed by atoms with Gasteiger partial charge in [-0.1, -0.05) is 0 Å². The van der Waals surface area contributed by atoms with Crippen LogP contribution in [0.1, 0.15) is 12.8 Å². The number of primary amides is 1. The molecule has 0 bridgehead atoms. The van der Waals surface area contributed by atoms with E-state index < -0.39 is 0 Å². The first kappa shape index (κ1) is 9.86. The third-order valence-electron chi connectivity index (χ3n) is 2.49. The van der Waals surface area contributed by atoms with Gasteiger partial charge in [0.2, 0.25) is 5.91 Å². The van der Waals surface area contributed by atoms with Crippen LogP contribution in [0.3, 0.4) is 0 Å². The standard InChI is InChI=1S/C8H16N2OS/c1-10-6-8(7(9)11)2-4-12-5-3-8/h10H,2-6H2,1H3,(H2,9,11). The highest BCUT2D eigenvalue weighted by Crippen LogP contribution is 2.33. The van der Waals surface area contributed by atoms with E-state index in [1.807, 2.05) is 18.8 Å². The lowest BCUT2D eigenvalue weighted by atomic mass is 9.81. The fourth-order valence-corrected chi connectivity index (χ4v) is 2.89. The number of nitrogens with one attached hydrogen (secondary N) is 1. The number of hydrogen-bond acceptors (Lipinski definition) is 3. The molecule has 70 valence electrons. The van der Waals surface area contributed by atoms with Crippen LogP contribution < -0.4 is 11.1 Å². The van der Waals surface area contributed by atoms with Crippen LogP contribution in [0.5, 0.6) is 0 Å². The van der Waals surface area contributed by atoms with E-state index in [1.54, 1.807) is 0 Å². The molecular formula is C8H16N2OS. The van der Waals surface area contributed by atoms with Gasteiger partial charge >= 0.3 is 0 Å². The predicted molar refractivity (Wildman–Crippen MR) is 52.1 cm³/mol. The van der Waals surface area contributed by atoms with Crippen LogP contribution in [0.25, 0.3) is 0 Å². The van der Waals surface area contributed by atoms with E-state index in [0.29, 0.717) is 0 Å². The number of rotatable bonds is 3. The van der Waals surface area contributed by atoms with E-state index in [0.717, 1.165) is 30.9 Å². The normalized spacial score (nSPS) is 22.1. The Morgan fingerprint density at radius 3 is 2.58 bits per heavy atom. The SMILES string of the molecule is CNCC1(C(N)=O)CCSCC1. The first-order valence-corrected chi connectivity index (χ1v) is 5.39. The summed E-state index contributed by atoms with van der Waals surface area (Å²) in [4.78, 5) is 11.2. The third-order valence-corrected chi connectivity index (χ3v) is 3.47. The molecule has 1 fully saturated rings. The van der Waals surface area contributed by atoms with E-state index in [4.69, 9.17) is 5.73 Å². The Labute approximate surface area is 77.5 Å². The van der Waals surface area contributed by atoms with Gasteiger partial charge in [0, 0.05) is 6.54 Å². The molecule has 1 heterocycles. The fourth-order valence-electron chi connectivity index (χ4n) is 1.61. The van der Waals surface area contributed by atoms with Crippen LogP contribution in [0.2, 0.25) is 0 Å². The number of nitrogens with two attached hydrogens (primary N) is 1. The van der Waals surface area contributed by atoms with Crippen molar-refractivity contribution in [2.24, 2.45) is 11.1 Å². The van der Waals surface area contributed by atoms with Gasteiger partial charge in [0.1, 0.15) is 0 Å². The van der Waals surface area contributed by atoms with Crippen molar-refractivity contribution in [3.63, 3.8) is 0 Å². The maximum absolute atomic E-state index is 11.2. The Hall–Kier alpha value is -0.220. The second-order valence-electron chi connectivity index (χ2n) is 3.29. The van der Waals surface area contributed by atoms with Crippen molar-refractivity contribution >= 4 is 17.7 Å². The first-order chi connectivity index (χ1) is 5.71. The lowest BCUT2D eigenvalue weighted by molar-refractivity contribution is -0.127. The maximum atomic E-state index is 11.2. The lowest BCUT2D eigenvalue weighted by Crippen LogP contribution is -2.46. The van der Waals surface area contributed by atoms with Crippen LogP contribution in [-0.2, 0) is 4.79 Å². The molecule has 3 nitrogen and oxygen atoms in total. The summed E-state index contributed by atoms with van der Waals surface area (Å²) in [6.45, 7) is 0.725. The topological polar surface area (TPSA) is 55.1 Å². The van der Waals surface area contributed by atoms with Crippen LogP contribution in [0, 0.1) is 5.41 Å². The van der Waals surface area contributed by atoms with Crippen molar-refractivity contribution in [3.8, 4) is 0 Å². The molecule has 1 rings (SSSR count). The zero-order valence-corrected chi connectivity index (χ0v) is 8.25. The van der Waals surface area contributed by atoms with Gasteiger partial charge in [0.15, 0.2) is 0 Å². The van der Waals surface area contributed by atoms with Crippen molar-refractivity contribution < 1.29 is 4.79 Å². The maximum Gasteiger partial charge on any atom is 0.224 e. The third kappa shape index (κ3) is 1.93. The summed E-state index contributed by atoms with van der Waals surface area (Å²) in [5.41, 5.74) is 5.14. The first-order valence-electron chi connectivity index (χ1n) is 4.23. The van der Waals surface area contributed by atoms with Crippen molar-refractivity contribution in [3.05, 3.63) is 0 Å². The number of thioether (sulfide) groups is 1. The van der Waals surface area contributed by atoms with E-state index in [-0.39, 0.29) is 11.3 Å². The molecular weight excluding hydrogens is 172 g/mol. The average Bonchev–Trinajstić information content (AvgIpc) is 2.06. The highest BCUT2D eigenvalue weighted by Gasteiger charge is 2.37. The van der Waals surface area contributed by atoms with Gasteiger partial charge in [-0.15, -0.1) is 0 Å². The molecule has 0 saturated carbocycles. The van der Waals surface area contributed by atoms with E-state index in [9.17, 15) is 4.79 Å². The van der Waals surface area contributed by atoms with Crippen molar-refractivity contribution in [2.45, 2.75) is 12.8 Å². The molecule has 0 radical (unpaired) electrons. The second kappa shape index (κ2) is 4.14. The molecule has 0 unspecified atom stereocenters. The molecule has 1 amide bonds. The Balaban J connectivity index is 2.63. The fraction of sp³-hybridized carbons (Fsp3) is 0.875. The summed E-state index contributed by atoms with van der Waals surface area (Å²) >= 11 is 1.90. The molecule has 0 aromatic carbocycles. The number of amides is 1. The summed E-state index contributed by atoms with van der Waals surface area (Å²) in [5.74, 6) is 1.98. The molecule has 0 aromatic rings. The molecule has 0 atom stereocenters. The highest BCUT2D eigenvalue weighted by atomic mass is 32.2. The molecule has 4 heteroatoms. The minimum absolute atomic E-state index is 0.142. The summed E-state index contributed by atoms with van der Waals surface area (Å²) in [5, 5.41) is 3.05. The van der Waals surface area contributed by atoms with Gasteiger partial charge < -0.3 is 11.1 Å². The molecule has 1 saturated heterocycles. The molecule has 1 aliphatic heterocycles. The van der Waals surface area contributed by atoms with Crippen LogP contribution in [0.4, 0.5) is 0 Å². The largest absolute Gasteiger partial charge is 0.369 e. The molecule has 3 N–H and O–H groups in total. The Kier molecular flexibility index (Phi) is 3.40. The van der Waals surface area contributed by atoms with E-state index >= 15 is 0 Å². The zero-order valence-electron chi connectivity index (χ0n) is 7.43. The molecule has 12 heavy (non-hydrogen) atoms. The van der Waals surface area contributed by atoms with Gasteiger partial charge in [0.05, 0.1) is 5.41 Å². The number of hydrogen-bond donors (Lipinski definition) is 2. The Morgan fingerprint density at radius 2 is 2.17 bits per heavy atom. The molecule has 0 aromatic heterocycles. The van der Waals surface area contributed by atoms with Gasteiger partial charge in [-0.3, -0.25) is 4.79 Å². The monoisotopic (exact) mass is 188 g/mol. The van der Waals surface area contributed by atoms with E-state index in [1.165, 1.54) is 0 Å². The molecule has 0 aliphatic carbocycles. The van der Waals surface area contributed by atoms with Crippen LogP contribution in [0.15, 0.2) is 0 Å². The molecule has 0 spiro atoms. The van der Waals surface area contributed by atoms with Crippen molar-refractivity contribution in [2.75, 3.05) is 25.1 Å². The zero-order chi connectivity index (χ0) is 9.03. The summed E-state index contributed by atoms with van der Waals surface area (Å²) < 4.78 is 0. The Morgan fingerprint density at radius 1 is 1.58 bits per heavy atom. The summed E-state index contributed by atoms with van der Waals surface area (Å²) in [6, 6.07) is 0. The lowest BCUT2D eigenvalue weighted by Gasteiger charge is -2.33. The second-order valence-corrected chi connectivity index (χ2v) is 4.51. The quantitative estimate of drug-likeness (QED) is 0.665. The van der Waals surface area contributed by atoms with Crippen molar-refractivity contribution in [1.29, 1.82) is 0 Å². The summed E-state index contributed by atoms with van der Waals surface area (Å²) in [7, 11) is 1.87.